The average Bonchev–Trinajstić information content (AvgIpc) is 2.20. The van der Waals surface area contributed by atoms with Crippen LogP contribution in [0.15, 0.2) is 23.1 Å². The minimum atomic E-state index is -0.638. The van der Waals surface area contributed by atoms with Crippen molar-refractivity contribution in [3.05, 3.63) is 29.6 Å². The van der Waals surface area contributed by atoms with E-state index >= 15 is 0 Å². The molecule has 0 spiro atoms. The van der Waals surface area contributed by atoms with Crippen molar-refractivity contribution in [2.45, 2.75) is 11.8 Å². The first kappa shape index (κ1) is 11.0. The van der Waals surface area contributed by atoms with Gasteiger partial charge in [0.15, 0.2) is 0 Å². The minimum absolute atomic E-state index is 0.00838. The molecule has 1 aromatic carbocycles. The number of hydrogen-bond donors (Lipinski definition) is 0. The van der Waals surface area contributed by atoms with Crippen LogP contribution in [0.2, 0.25) is 0 Å². The third-order valence-electron chi connectivity index (χ3n) is 1.65. The molecule has 0 aliphatic carbocycles. The summed E-state index contributed by atoms with van der Waals surface area (Å²) in [5, 5.41) is 0. The molecular weight excluding hydrogens is 203 g/mol. The van der Waals surface area contributed by atoms with E-state index in [0.717, 1.165) is 10.6 Å². The summed E-state index contributed by atoms with van der Waals surface area (Å²) in [4.78, 5) is 12.0. The van der Waals surface area contributed by atoms with Crippen LogP contribution in [0.5, 0.6) is 0 Å². The van der Waals surface area contributed by atoms with Crippen LogP contribution in [0.1, 0.15) is 17.3 Å². The van der Waals surface area contributed by atoms with Crippen molar-refractivity contribution in [3.8, 4) is 0 Å². The van der Waals surface area contributed by atoms with Gasteiger partial charge in [-0.05, 0) is 24.0 Å². The SMILES string of the molecule is CCSc1ccc(F)c(C(=O)OC)c1. The zero-order chi connectivity index (χ0) is 10.6. The highest BCUT2D eigenvalue weighted by Crippen LogP contribution is 2.21. The first-order valence-corrected chi connectivity index (χ1v) is 5.18. The van der Waals surface area contributed by atoms with Crippen molar-refractivity contribution in [1.29, 1.82) is 0 Å². The number of thioether (sulfide) groups is 1. The number of hydrogen-bond acceptors (Lipinski definition) is 3. The lowest BCUT2D eigenvalue weighted by molar-refractivity contribution is 0.0595. The monoisotopic (exact) mass is 214 g/mol. The van der Waals surface area contributed by atoms with Crippen molar-refractivity contribution in [2.75, 3.05) is 12.9 Å². The van der Waals surface area contributed by atoms with E-state index in [2.05, 4.69) is 4.74 Å². The second-order valence-electron chi connectivity index (χ2n) is 2.57. The molecule has 2 nitrogen and oxygen atoms in total. The first-order valence-electron chi connectivity index (χ1n) is 4.19. The van der Waals surface area contributed by atoms with Gasteiger partial charge in [0.2, 0.25) is 0 Å². The zero-order valence-corrected chi connectivity index (χ0v) is 8.86. The molecule has 1 rings (SSSR count). The highest BCUT2D eigenvalue weighted by molar-refractivity contribution is 7.99. The van der Waals surface area contributed by atoms with Crippen LogP contribution in [0, 0.1) is 5.82 Å². The summed E-state index contributed by atoms with van der Waals surface area (Å²) in [6, 6.07) is 4.44. The third kappa shape index (κ3) is 2.48. The fourth-order valence-corrected chi connectivity index (χ4v) is 1.73. The highest BCUT2D eigenvalue weighted by Gasteiger charge is 2.12. The lowest BCUT2D eigenvalue weighted by Gasteiger charge is -2.03. The van der Waals surface area contributed by atoms with Crippen LogP contribution in [0.4, 0.5) is 4.39 Å². The van der Waals surface area contributed by atoms with E-state index in [1.807, 2.05) is 6.92 Å². The van der Waals surface area contributed by atoms with Gasteiger partial charge in [0.25, 0.3) is 0 Å². The number of carbonyl (C=O) groups excluding carboxylic acids is 1. The Morgan fingerprint density at radius 3 is 2.86 bits per heavy atom. The molecule has 76 valence electrons. The molecule has 0 amide bonds. The van der Waals surface area contributed by atoms with Gasteiger partial charge in [0.1, 0.15) is 5.82 Å². The Labute approximate surface area is 86.5 Å². The molecule has 0 saturated carbocycles. The summed E-state index contributed by atoms with van der Waals surface area (Å²) < 4.78 is 17.6. The zero-order valence-electron chi connectivity index (χ0n) is 8.04. The molecule has 0 aliphatic heterocycles. The number of carbonyl (C=O) groups is 1. The summed E-state index contributed by atoms with van der Waals surface area (Å²) in [5.41, 5.74) is -0.00838. The van der Waals surface area contributed by atoms with Gasteiger partial charge < -0.3 is 4.74 Å². The molecule has 0 radical (unpaired) electrons. The number of benzene rings is 1. The molecule has 1 aromatic rings. The maximum atomic E-state index is 13.1. The molecule has 0 unspecified atom stereocenters. The molecule has 0 fully saturated rings. The second-order valence-corrected chi connectivity index (χ2v) is 3.90. The average molecular weight is 214 g/mol. The van der Waals surface area contributed by atoms with Gasteiger partial charge in [-0.2, -0.15) is 0 Å². The first-order chi connectivity index (χ1) is 6.69. The van der Waals surface area contributed by atoms with E-state index in [9.17, 15) is 9.18 Å². The van der Waals surface area contributed by atoms with E-state index in [-0.39, 0.29) is 5.56 Å². The Kier molecular flexibility index (Phi) is 3.95. The highest BCUT2D eigenvalue weighted by atomic mass is 32.2. The summed E-state index contributed by atoms with van der Waals surface area (Å²) in [5.74, 6) is -0.301. The van der Waals surface area contributed by atoms with Crippen molar-refractivity contribution in [1.82, 2.24) is 0 Å². The Hall–Kier alpha value is -1.03. The Balaban J connectivity index is 3.01. The van der Waals surface area contributed by atoms with Crippen molar-refractivity contribution in [3.63, 3.8) is 0 Å². The lowest BCUT2D eigenvalue weighted by Crippen LogP contribution is -2.04. The standard InChI is InChI=1S/C10H11FO2S/c1-3-14-7-4-5-9(11)8(6-7)10(12)13-2/h4-6H,3H2,1-2H3. The van der Waals surface area contributed by atoms with Gasteiger partial charge in [-0.1, -0.05) is 6.92 Å². The van der Waals surface area contributed by atoms with E-state index < -0.39 is 11.8 Å². The van der Waals surface area contributed by atoms with E-state index in [1.54, 1.807) is 17.8 Å². The molecule has 0 N–H and O–H groups in total. The van der Waals surface area contributed by atoms with Gasteiger partial charge in [0, 0.05) is 4.90 Å². The fourth-order valence-electron chi connectivity index (χ4n) is 1.03. The quantitative estimate of drug-likeness (QED) is 0.571. The molecule has 0 aromatic heterocycles. The molecule has 0 heterocycles. The van der Waals surface area contributed by atoms with E-state index in [4.69, 9.17) is 0 Å². The molecule has 0 aliphatic rings. The number of ether oxygens (including phenoxy) is 1. The van der Waals surface area contributed by atoms with Crippen LogP contribution in [0.3, 0.4) is 0 Å². The number of rotatable bonds is 3. The van der Waals surface area contributed by atoms with Crippen molar-refractivity contribution >= 4 is 17.7 Å². The van der Waals surface area contributed by atoms with E-state index in [1.165, 1.54) is 19.2 Å². The van der Waals surface area contributed by atoms with Gasteiger partial charge >= 0.3 is 5.97 Å². The van der Waals surface area contributed by atoms with Gasteiger partial charge in [-0.25, -0.2) is 9.18 Å². The predicted octanol–water partition coefficient (Wildman–Crippen LogP) is 2.72. The summed E-state index contributed by atoms with van der Waals surface area (Å²) in [7, 11) is 1.24. The molecular formula is C10H11FO2S. The van der Waals surface area contributed by atoms with Gasteiger partial charge in [0.05, 0.1) is 12.7 Å². The van der Waals surface area contributed by atoms with Crippen LogP contribution in [-0.2, 0) is 4.74 Å². The third-order valence-corrected chi connectivity index (χ3v) is 2.53. The summed E-state index contributed by atoms with van der Waals surface area (Å²) >= 11 is 1.55. The number of halogens is 1. The van der Waals surface area contributed by atoms with Crippen LogP contribution >= 0.6 is 11.8 Å². The smallest absolute Gasteiger partial charge is 0.340 e. The molecule has 0 bridgehead atoms. The summed E-state index contributed by atoms with van der Waals surface area (Å²) in [6.45, 7) is 1.99. The largest absolute Gasteiger partial charge is 0.465 e. The molecule has 14 heavy (non-hydrogen) atoms. The lowest BCUT2D eigenvalue weighted by atomic mass is 10.2. The molecule has 0 saturated heterocycles. The van der Waals surface area contributed by atoms with Crippen LogP contribution in [-0.4, -0.2) is 18.8 Å². The molecule has 4 heteroatoms. The minimum Gasteiger partial charge on any atom is -0.465 e. The van der Waals surface area contributed by atoms with Crippen molar-refractivity contribution in [2.24, 2.45) is 0 Å². The number of methoxy groups -OCH3 is 1. The van der Waals surface area contributed by atoms with Crippen LogP contribution in [0.25, 0.3) is 0 Å². The second kappa shape index (κ2) is 5.00. The normalized spacial score (nSPS) is 9.93. The van der Waals surface area contributed by atoms with Crippen molar-refractivity contribution < 1.29 is 13.9 Å². The maximum absolute atomic E-state index is 13.1. The Bertz CT molecular complexity index is 339. The molecule has 0 atom stereocenters. The maximum Gasteiger partial charge on any atom is 0.340 e. The Morgan fingerprint density at radius 2 is 2.29 bits per heavy atom. The van der Waals surface area contributed by atoms with Gasteiger partial charge in [-0.15, -0.1) is 11.8 Å². The fraction of sp³-hybridized carbons (Fsp3) is 0.300. The van der Waals surface area contributed by atoms with Gasteiger partial charge in [-0.3, -0.25) is 0 Å². The summed E-state index contributed by atoms with van der Waals surface area (Å²) in [6.07, 6.45) is 0. The Morgan fingerprint density at radius 1 is 1.57 bits per heavy atom. The number of esters is 1. The van der Waals surface area contributed by atoms with Crippen LogP contribution < -0.4 is 0 Å². The topological polar surface area (TPSA) is 26.3 Å². The van der Waals surface area contributed by atoms with E-state index in [0.29, 0.717) is 0 Å². The predicted molar refractivity (Wildman–Crippen MR) is 54.1 cm³/mol.